The number of unbranched alkanes of at least 4 members (excludes halogenated alkanes) is 1. The standard InChI is InChI=1S/C16H30N4OS.HI/c1-5-7-10-21-11-8-9-18-16(17-6-2)19-12-15-20-13(3)14(4)22-15;/h5-12H2,1-4H3,(H2,17,18,19);1H. The number of guanidine groups is 1. The third-order valence-corrected chi connectivity index (χ3v) is 4.25. The summed E-state index contributed by atoms with van der Waals surface area (Å²) in [6.45, 7) is 12.4. The van der Waals surface area contributed by atoms with Crippen molar-refractivity contribution in [2.24, 2.45) is 4.99 Å². The fourth-order valence-electron chi connectivity index (χ4n) is 1.82. The van der Waals surface area contributed by atoms with Crippen molar-refractivity contribution in [1.82, 2.24) is 15.6 Å². The van der Waals surface area contributed by atoms with Gasteiger partial charge in [-0.15, -0.1) is 35.3 Å². The highest BCUT2D eigenvalue weighted by atomic mass is 127. The van der Waals surface area contributed by atoms with Crippen LogP contribution >= 0.6 is 35.3 Å². The number of thiazole rings is 1. The van der Waals surface area contributed by atoms with Gasteiger partial charge in [-0.3, -0.25) is 0 Å². The predicted molar refractivity (Wildman–Crippen MR) is 110 cm³/mol. The molecule has 2 N–H and O–H groups in total. The van der Waals surface area contributed by atoms with Crippen molar-refractivity contribution in [2.75, 3.05) is 26.3 Å². The third kappa shape index (κ3) is 10.1. The molecule has 7 heteroatoms. The lowest BCUT2D eigenvalue weighted by atomic mass is 10.4. The molecule has 0 bridgehead atoms. The first-order valence-corrected chi connectivity index (χ1v) is 9.01. The van der Waals surface area contributed by atoms with Crippen molar-refractivity contribution in [3.63, 3.8) is 0 Å². The van der Waals surface area contributed by atoms with Crippen LogP contribution in [0.15, 0.2) is 4.99 Å². The van der Waals surface area contributed by atoms with Crippen LogP contribution in [-0.4, -0.2) is 37.2 Å². The van der Waals surface area contributed by atoms with Crippen LogP contribution in [0, 0.1) is 13.8 Å². The van der Waals surface area contributed by atoms with Gasteiger partial charge in [0.1, 0.15) is 5.01 Å². The van der Waals surface area contributed by atoms with Crippen LogP contribution in [0.2, 0.25) is 0 Å². The molecule has 0 amide bonds. The predicted octanol–water partition coefficient (Wildman–Crippen LogP) is 3.64. The largest absolute Gasteiger partial charge is 0.381 e. The number of nitrogens with one attached hydrogen (secondary N) is 2. The van der Waals surface area contributed by atoms with Crippen molar-refractivity contribution >= 4 is 41.3 Å². The summed E-state index contributed by atoms with van der Waals surface area (Å²) in [5.41, 5.74) is 1.11. The molecule has 0 spiro atoms. The molecule has 0 atom stereocenters. The molecule has 134 valence electrons. The van der Waals surface area contributed by atoms with E-state index in [4.69, 9.17) is 4.74 Å². The lowest BCUT2D eigenvalue weighted by molar-refractivity contribution is 0.129. The quantitative estimate of drug-likeness (QED) is 0.245. The Kier molecular flexibility index (Phi) is 13.7. The molecule has 0 aromatic carbocycles. The maximum atomic E-state index is 5.55. The zero-order valence-electron chi connectivity index (χ0n) is 14.8. The summed E-state index contributed by atoms with van der Waals surface area (Å²) in [5, 5.41) is 7.66. The second kappa shape index (κ2) is 14.0. The van der Waals surface area contributed by atoms with Gasteiger partial charge in [0.15, 0.2) is 5.96 Å². The lowest BCUT2D eigenvalue weighted by Gasteiger charge is -2.11. The van der Waals surface area contributed by atoms with Gasteiger partial charge < -0.3 is 15.4 Å². The molecule has 0 fully saturated rings. The van der Waals surface area contributed by atoms with E-state index in [2.05, 4.69) is 41.4 Å². The SMILES string of the molecule is CCCCOCCCNC(=NCc1nc(C)c(C)s1)NCC.I. The first-order chi connectivity index (χ1) is 10.7. The van der Waals surface area contributed by atoms with Crippen LogP contribution in [0.5, 0.6) is 0 Å². The Bertz CT molecular complexity index is 432. The number of rotatable bonds is 10. The molecule has 1 aromatic rings. The Hall–Kier alpha value is -0.410. The van der Waals surface area contributed by atoms with E-state index in [1.807, 2.05) is 6.92 Å². The van der Waals surface area contributed by atoms with E-state index >= 15 is 0 Å². The number of aryl methyl sites for hydroxylation is 2. The van der Waals surface area contributed by atoms with Gasteiger partial charge in [-0.1, -0.05) is 13.3 Å². The summed E-state index contributed by atoms with van der Waals surface area (Å²) in [6.07, 6.45) is 3.32. The zero-order chi connectivity index (χ0) is 16.2. The van der Waals surface area contributed by atoms with Crippen LogP contribution < -0.4 is 10.6 Å². The highest BCUT2D eigenvalue weighted by Crippen LogP contribution is 2.16. The van der Waals surface area contributed by atoms with Crippen LogP contribution in [0.1, 0.15) is 48.7 Å². The first-order valence-electron chi connectivity index (χ1n) is 8.20. The van der Waals surface area contributed by atoms with Gasteiger partial charge in [0.2, 0.25) is 0 Å². The van der Waals surface area contributed by atoms with E-state index in [-0.39, 0.29) is 24.0 Å². The molecule has 0 saturated carbocycles. The Morgan fingerprint density at radius 3 is 2.52 bits per heavy atom. The summed E-state index contributed by atoms with van der Waals surface area (Å²) in [6, 6.07) is 0. The van der Waals surface area contributed by atoms with Crippen molar-refractivity contribution in [2.45, 2.75) is 53.5 Å². The lowest BCUT2D eigenvalue weighted by Crippen LogP contribution is -2.38. The van der Waals surface area contributed by atoms with Crippen molar-refractivity contribution < 1.29 is 4.74 Å². The number of aliphatic imine (C=N–C) groups is 1. The number of hydrogen-bond acceptors (Lipinski definition) is 4. The summed E-state index contributed by atoms with van der Waals surface area (Å²) >= 11 is 1.72. The minimum Gasteiger partial charge on any atom is -0.381 e. The molecule has 0 aliphatic heterocycles. The number of nitrogens with zero attached hydrogens (tertiary/aromatic N) is 2. The number of aromatic nitrogens is 1. The first kappa shape index (κ1) is 22.6. The highest BCUT2D eigenvalue weighted by molar-refractivity contribution is 14.0. The second-order valence-corrected chi connectivity index (χ2v) is 6.48. The number of hydrogen-bond donors (Lipinski definition) is 2. The van der Waals surface area contributed by atoms with E-state index in [0.29, 0.717) is 6.54 Å². The fraction of sp³-hybridized carbons (Fsp3) is 0.750. The van der Waals surface area contributed by atoms with Gasteiger partial charge in [-0.25, -0.2) is 9.98 Å². The molecule has 23 heavy (non-hydrogen) atoms. The van der Waals surface area contributed by atoms with Crippen molar-refractivity contribution in [3.05, 3.63) is 15.6 Å². The van der Waals surface area contributed by atoms with Crippen LogP contribution in [-0.2, 0) is 11.3 Å². The normalized spacial score (nSPS) is 11.2. The molecule has 0 radical (unpaired) electrons. The maximum absolute atomic E-state index is 5.55. The van der Waals surface area contributed by atoms with E-state index in [1.165, 1.54) is 11.3 Å². The maximum Gasteiger partial charge on any atom is 0.191 e. The van der Waals surface area contributed by atoms with E-state index in [9.17, 15) is 0 Å². The molecule has 0 saturated heterocycles. The Morgan fingerprint density at radius 2 is 1.91 bits per heavy atom. The smallest absolute Gasteiger partial charge is 0.191 e. The molecule has 1 heterocycles. The van der Waals surface area contributed by atoms with Gasteiger partial charge in [0, 0.05) is 31.2 Å². The summed E-state index contributed by atoms with van der Waals surface area (Å²) in [4.78, 5) is 10.4. The number of halogens is 1. The minimum absolute atomic E-state index is 0. The van der Waals surface area contributed by atoms with Gasteiger partial charge in [0.05, 0.1) is 12.2 Å². The fourth-order valence-corrected chi connectivity index (χ4v) is 2.68. The van der Waals surface area contributed by atoms with E-state index in [1.54, 1.807) is 11.3 Å². The summed E-state index contributed by atoms with van der Waals surface area (Å²) in [7, 11) is 0. The van der Waals surface area contributed by atoms with Crippen LogP contribution in [0.4, 0.5) is 0 Å². The van der Waals surface area contributed by atoms with Crippen molar-refractivity contribution in [1.29, 1.82) is 0 Å². The average Bonchev–Trinajstić information content (AvgIpc) is 2.82. The summed E-state index contributed by atoms with van der Waals surface area (Å²) in [5.74, 6) is 0.849. The van der Waals surface area contributed by atoms with Gasteiger partial charge in [-0.05, 0) is 33.6 Å². The Morgan fingerprint density at radius 1 is 1.17 bits per heavy atom. The molecular formula is C16H31IN4OS. The molecule has 1 rings (SSSR count). The molecule has 0 aliphatic rings. The highest BCUT2D eigenvalue weighted by Gasteiger charge is 2.03. The Balaban J connectivity index is 0.00000484. The zero-order valence-corrected chi connectivity index (χ0v) is 17.9. The van der Waals surface area contributed by atoms with Crippen LogP contribution in [0.3, 0.4) is 0 Å². The molecular weight excluding hydrogens is 423 g/mol. The molecule has 0 unspecified atom stereocenters. The Labute approximate surface area is 161 Å². The van der Waals surface area contributed by atoms with Gasteiger partial charge in [0.25, 0.3) is 0 Å². The van der Waals surface area contributed by atoms with Crippen molar-refractivity contribution in [3.8, 4) is 0 Å². The second-order valence-electron chi connectivity index (χ2n) is 5.19. The topological polar surface area (TPSA) is 58.5 Å². The molecule has 0 aliphatic carbocycles. The minimum atomic E-state index is 0. The monoisotopic (exact) mass is 454 g/mol. The number of ether oxygens (including phenoxy) is 1. The van der Waals surface area contributed by atoms with E-state index < -0.39 is 0 Å². The molecule has 1 aromatic heterocycles. The van der Waals surface area contributed by atoms with Gasteiger partial charge in [-0.2, -0.15) is 0 Å². The van der Waals surface area contributed by atoms with Crippen LogP contribution in [0.25, 0.3) is 0 Å². The summed E-state index contributed by atoms with van der Waals surface area (Å²) < 4.78 is 5.55. The van der Waals surface area contributed by atoms with Gasteiger partial charge >= 0.3 is 0 Å². The van der Waals surface area contributed by atoms with E-state index in [0.717, 1.165) is 55.8 Å². The third-order valence-electron chi connectivity index (χ3n) is 3.19. The molecule has 5 nitrogen and oxygen atoms in total. The average molecular weight is 454 g/mol.